The summed E-state index contributed by atoms with van der Waals surface area (Å²) in [4.78, 5) is 11.8. The van der Waals surface area contributed by atoms with E-state index in [9.17, 15) is 4.79 Å². The van der Waals surface area contributed by atoms with Crippen LogP contribution in [-0.2, 0) is 4.79 Å². The highest BCUT2D eigenvalue weighted by Crippen LogP contribution is 2.31. The quantitative estimate of drug-likeness (QED) is 0.242. The predicted molar refractivity (Wildman–Crippen MR) is 136 cm³/mol. The van der Waals surface area contributed by atoms with Crippen molar-refractivity contribution in [2.24, 2.45) is 0 Å². The fourth-order valence-electron chi connectivity index (χ4n) is 3.03. The molecule has 0 bridgehead atoms. The van der Waals surface area contributed by atoms with Gasteiger partial charge in [-0.2, -0.15) is 0 Å². The molecular formula is C25H23IO5S. The SMILES string of the molecule is COc1cccc(C(=CCSc2ccc(OCC(=O)O)c(I)c2)c2cccc(OC)c2)c1. The van der Waals surface area contributed by atoms with Gasteiger partial charge in [-0.05, 0) is 81.8 Å². The van der Waals surface area contributed by atoms with E-state index < -0.39 is 5.97 Å². The number of hydrogen-bond acceptors (Lipinski definition) is 5. The lowest BCUT2D eigenvalue weighted by Gasteiger charge is -2.12. The fourth-order valence-corrected chi connectivity index (χ4v) is 4.72. The van der Waals surface area contributed by atoms with E-state index in [1.54, 1.807) is 26.0 Å². The van der Waals surface area contributed by atoms with Crippen molar-refractivity contribution in [1.82, 2.24) is 0 Å². The molecule has 3 aromatic rings. The van der Waals surface area contributed by atoms with E-state index in [-0.39, 0.29) is 6.61 Å². The van der Waals surface area contributed by atoms with Gasteiger partial charge in [0.05, 0.1) is 17.8 Å². The van der Waals surface area contributed by atoms with Gasteiger partial charge >= 0.3 is 5.97 Å². The van der Waals surface area contributed by atoms with Crippen molar-refractivity contribution in [3.63, 3.8) is 0 Å². The Morgan fingerprint density at radius 2 is 1.59 bits per heavy atom. The van der Waals surface area contributed by atoms with E-state index >= 15 is 0 Å². The van der Waals surface area contributed by atoms with Crippen LogP contribution in [0.2, 0.25) is 0 Å². The zero-order valence-electron chi connectivity index (χ0n) is 17.7. The Kier molecular flexibility index (Phi) is 8.87. The second-order valence-electron chi connectivity index (χ2n) is 6.67. The Bertz CT molecular complexity index is 1060. The van der Waals surface area contributed by atoms with E-state index in [4.69, 9.17) is 19.3 Å². The number of rotatable bonds is 10. The summed E-state index contributed by atoms with van der Waals surface area (Å²) in [6.45, 7) is -0.352. The highest BCUT2D eigenvalue weighted by Gasteiger charge is 2.09. The summed E-state index contributed by atoms with van der Waals surface area (Å²) in [6, 6.07) is 21.7. The molecule has 166 valence electrons. The lowest BCUT2D eigenvalue weighted by atomic mass is 9.97. The molecular weight excluding hydrogens is 539 g/mol. The predicted octanol–water partition coefficient (Wildman–Crippen LogP) is 6.00. The summed E-state index contributed by atoms with van der Waals surface area (Å²) in [6.07, 6.45) is 2.19. The molecule has 1 N–H and O–H groups in total. The van der Waals surface area contributed by atoms with Crippen molar-refractivity contribution >= 4 is 45.9 Å². The number of benzene rings is 3. The average molecular weight is 562 g/mol. The van der Waals surface area contributed by atoms with Gasteiger partial charge in [-0.25, -0.2) is 4.79 Å². The number of hydrogen-bond donors (Lipinski definition) is 1. The van der Waals surface area contributed by atoms with Gasteiger partial charge in [-0.1, -0.05) is 30.3 Å². The lowest BCUT2D eigenvalue weighted by molar-refractivity contribution is -0.139. The summed E-state index contributed by atoms with van der Waals surface area (Å²) in [5, 5.41) is 8.79. The normalized spacial score (nSPS) is 10.3. The number of halogens is 1. The monoisotopic (exact) mass is 562 g/mol. The third kappa shape index (κ3) is 6.67. The second-order valence-corrected chi connectivity index (χ2v) is 8.92. The molecule has 0 saturated carbocycles. The van der Waals surface area contributed by atoms with Crippen LogP contribution in [0, 0.1) is 3.57 Å². The lowest BCUT2D eigenvalue weighted by Crippen LogP contribution is -2.10. The third-order valence-electron chi connectivity index (χ3n) is 4.55. The average Bonchev–Trinajstić information content (AvgIpc) is 2.81. The Hall–Kier alpha value is -2.65. The number of methoxy groups -OCH3 is 2. The maximum Gasteiger partial charge on any atom is 0.341 e. The van der Waals surface area contributed by atoms with Crippen molar-refractivity contribution < 1.29 is 24.1 Å². The number of carbonyl (C=O) groups is 1. The number of aliphatic carboxylic acids is 1. The zero-order valence-corrected chi connectivity index (χ0v) is 20.7. The summed E-state index contributed by atoms with van der Waals surface area (Å²) < 4.78 is 17.0. The molecule has 0 aliphatic rings. The molecule has 0 atom stereocenters. The van der Waals surface area contributed by atoms with E-state index in [0.717, 1.165) is 42.4 Å². The van der Waals surface area contributed by atoms with Crippen LogP contribution in [0.5, 0.6) is 17.2 Å². The van der Waals surface area contributed by atoms with Gasteiger partial charge < -0.3 is 19.3 Å². The van der Waals surface area contributed by atoms with Gasteiger partial charge in [0, 0.05) is 10.6 Å². The van der Waals surface area contributed by atoms with Crippen molar-refractivity contribution in [2.75, 3.05) is 26.6 Å². The largest absolute Gasteiger partial charge is 0.497 e. The second kappa shape index (κ2) is 11.8. The Labute approximate surface area is 205 Å². The van der Waals surface area contributed by atoms with Gasteiger partial charge in [-0.3, -0.25) is 0 Å². The minimum Gasteiger partial charge on any atom is -0.497 e. The van der Waals surface area contributed by atoms with E-state index in [1.165, 1.54) is 0 Å². The van der Waals surface area contributed by atoms with Crippen LogP contribution in [-0.4, -0.2) is 37.7 Å². The van der Waals surface area contributed by atoms with Crippen LogP contribution in [0.1, 0.15) is 11.1 Å². The molecule has 0 aromatic heterocycles. The third-order valence-corrected chi connectivity index (χ3v) is 6.32. The van der Waals surface area contributed by atoms with Gasteiger partial charge in [0.25, 0.3) is 0 Å². The smallest absolute Gasteiger partial charge is 0.341 e. The first-order valence-electron chi connectivity index (χ1n) is 9.76. The molecule has 32 heavy (non-hydrogen) atoms. The van der Waals surface area contributed by atoms with Gasteiger partial charge in [0.2, 0.25) is 0 Å². The number of ether oxygens (including phenoxy) is 3. The van der Waals surface area contributed by atoms with Crippen LogP contribution < -0.4 is 14.2 Å². The van der Waals surface area contributed by atoms with Crippen LogP contribution in [0.4, 0.5) is 0 Å². The fraction of sp³-hybridized carbons (Fsp3) is 0.160. The molecule has 0 aliphatic carbocycles. The van der Waals surface area contributed by atoms with Crippen molar-refractivity contribution in [3.05, 3.63) is 87.5 Å². The van der Waals surface area contributed by atoms with Crippen LogP contribution in [0.3, 0.4) is 0 Å². The van der Waals surface area contributed by atoms with Crippen LogP contribution >= 0.6 is 34.4 Å². The molecule has 3 aromatic carbocycles. The van der Waals surface area contributed by atoms with E-state index in [0.29, 0.717) is 5.75 Å². The molecule has 0 amide bonds. The molecule has 0 spiro atoms. The molecule has 0 radical (unpaired) electrons. The van der Waals surface area contributed by atoms with Crippen molar-refractivity contribution in [2.45, 2.75) is 4.90 Å². The summed E-state index contributed by atoms with van der Waals surface area (Å²) in [7, 11) is 3.32. The van der Waals surface area contributed by atoms with Crippen molar-refractivity contribution in [1.29, 1.82) is 0 Å². The highest BCUT2D eigenvalue weighted by molar-refractivity contribution is 14.1. The molecule has 0 unspecified atom stereocenters. The first-order chi connectivity index (χ1) is 15.5. The molecule has 0 aliphatic heterocycles. The molecule has 0 saturated heterocycles. The van der Waals surface area contributed by atoms with Gasteiger partial charge in [0.1, 0.15) is 17.2 Å². The van der Waals surface area contributed by atoms with Crippen LogP contribution in [0.15, 0.2) is 77.7 Å². The number of carboxylic acid groups (broad SMARTS) is 1. The molecule has 5 nitrogen and oxygen atoms in total. The molecule has 3 rings (SSSR count). The van der Waals surface area contributed by atoms with Gasteiger partial charge in [-0.15, -0.1) is 11.8 Å². The van der Waals surface area contributed by atoms with Crippen LogP contribution in [0.25, 0.3) is 5.57 Å². The Morgan fingerprint density at radius 1 is 0.969 bits per heavy atom. The maximum atomic E-state index is 10.7. The minimum atomic E-state index is -0.994. The Morgan fingerprint density at radius 3 is 2.12 bits per heavy atom. The highest BCUT2D eigenvalue weighted by atomic mass is 127. The summed E-state index contributed by atoms with van der Waals surface area (Å²) >= 11 is 3.85. The van der Waals surface area contributed by atoms with E-state index in [2.05, 4.69) is 40.8 Å². The summed E-state index contributed by atoms with van der Waals surface area (Å²) in [5.74, 6) is 1.93. The topological polar surface area (TPSA) is 65.0 Å². The molecule has 0 heterocycles. The maximum absolute atomic E-state index is 10.7. The standard InChI is InChI=1S/C25H23IO5S/c1-29-19-7-3-5-17(13-19)22(18-6-4-8-20(14-18)30-2)11-12-32-21-9-10-24(23(26)15-21)31-16-25(27)28/h3-11,13-15H,12,16H2,1-2H3,(H,27,28). The first-order valence-corrected chi connectivity index (χ1v) is 11.8. The molecule has 7 heteroatoms. The van der Waals surface area contributed by atoms with Gasteiger partial charge in [0.15, 0.2) is 6.61 Å². The van der Waals surface area contributed by atoms with Crippen molar-refractivity contribution in [3.8, 4) is 17.2 Å². The number of thioether (sulfide) groups is 1. The Balaban J connectivity index is 1.83. The minimum absolute atomic E-state index is 0.352. The first kappa shape index (κ1) is 24.0. The van der Waals surface area contributed by atoms with E-state index in [1.807, 2.05) is 54.6 Å². The zero-order chi connectivity index (χ0) is 22.9. The summed E-state index contributed by atoms with van der Waals surface area (Å²) in [5.41, 5.74) is 3.21. The molecule has 0 fully saturated rings. The number of carboxylic acids is 1.